The van der Waals surface area contributed by atoms with Crippen molar-refractivity contribution in [2.24, 2.45) is 0 Å². The van der Waals surface area contributed by atoms with Gasteiger partial charge in [-0.2, -0.15) is 0 Å². The van der Waals surface area contributed by atoms with Gasteiger partial charge in [0, 0.05) is 37.6 Å². The Morgan fingerprint density at radius 1 is 1.21 bits per heavy atom. The maximum atomic E-state index is 12.8. The number of aromatic nitrogens is 4. The minimum Gasteiger partial charge on any atom is -0.350 e. The lowest BCUT2D eigenvalue weighted by Gasteiger charge is -2.15. The van der Waals surface area contributed by atoms with E-state index in [1.54, 1.807) is 12.4 Å². The van der Waals surface area contributed by atoms with Gasteiger partial charge in [0.1, 0.15) is 6.33 Å². The van der Waals surface area contributed by atoms with Crippen LogP contribution in [0.1, 0.15) is 28.9 Å². The minimum absolute atomic E-state index is 0.00607. The van der Waals surface area contributed by atoms with Crippen LogP contribution in [-0.2, 0) is 6.54 Å². The van der Waals surface area contributed by atoms with Crippen LogP contribution in [0.3, 0.4) is 0 Å². The molecule has 8 heteroatoms. The number of anilines is 1. The van der Waals surface area contributed by atoms with E-state index in [4.69, 9.17) is 0 Å². The molecule has 1 amide bonds. The Morgan fingerprint density at radius 2 is 2.00 bits per heavy atom. The Bertz CT molecular complexity index is 859. The molecule has 1 saturated heterocycles. The fourth-order valence-electron chi connectivity index (χ4n) is 2.76. The van der Waals surface area contributed by atoms with Crippen LogP contribution >= 0.6 is 11.3 Å². The van der Waals surface area contributed by atoms with Crippen molar-refractivity contribution in [2.75, 3.05) is 18.4 Å². The summed E-state index contributed by atoms with van der Waals surface area (Å²) in [5, 5.41) is 5.10. The molecule has 0 unspecified atom stereocenters. The first-order valence-electron chi connectivity index (χ1n) is 7.83. The molecular weight excluding hydrogens is 324 g/mol. The second-order valence-corrected chi connectivity index (χ2v) is 6.55. The lowest BCUT2D eigenvalue weighted by molar-refractivity contribution is 0.0789. The molecule has 1 fully saturated rings. The second-order valence-electron chi connectivity index (χ2n) is 5.63. The maximum absolute atomic E-state index is 12.8. The third-order valence-corrected chi connectivity index (χ3v) is 4.87. The number of nitrogens with one attached hydrogen (secondary N) is 1. The van der Waals surface area contributed by atoms with Crippen LogP contribution in [0.15, 0.2) is 30.2 Å². The van der Waals surface area contributed by atoms with Crippen molar-refractivity contribution in [1.82, 2.24) is 24.8 Å². The molecule has 0 atom stereocenters. The Labute approximate surface area is 142 Å². The molecule has 1 N–H and O–H groups in total. The highest BCUT2D eigenvalue weighted by atomic mass is 32.1. The smallest absolute Gasteiger partial charge is 0.274 e. The summed E-state index contributed by atoms with van der Waals surface area (Å²) in [7, 11) is 0. The van der Waals surface area contributed by atoms with Crippen LogP contribution < -0.4 is 5.32 Å². The molecule has 0 aromatic carbocycles. The number of fused-ring (bicyclic) bond motifs is 1. The molecule has 7 nitrogen and oxygen atoms in total. The highest BCUT2D eigenvalue weighted by Gasteiger charge is 2.24. The van der Waals surface area contributed by atoms with Crippen LogP contribution in [-0.4, -0.2) is 43.8 Å². The van der Waals surface area contributed by atoms with Crippen LogP contribution in [0.2, 0.25) is 0 Å². The van der Waals surface area contributed by atoms with Crippen LogP contribution in [0.5, 0.6) is 0 Å². The minimum atomic E-state index is -0.00607. The normalized spacial score (nSPS) is 14.2. The topological polar surface area (TPSA) is 83.9 Å². The summed E-state index contributed by atoms with van der Waals surface area (Å²) in [6.45, 7) is 2.12. The Balaban J connectivity index is 1.63. The zero-order valence-corrected chi connectivity index (χ0v) is 13.8. The Morgan fingerprint density at radius 3 is 2.79 bits per heavy atom. The summed E-state index contributed by atoms with van der Waals surface area (Å²) in [5.41, 5.74) is 2.21. The van der Waals surface area contributed by atoms with Crippen molar-refractivity contribution in [1.29, 1.82) is 0 Å². The molecule has 0 radical (unpaired) electrons. The van der Waals surface area contributed by atoms with Gasteiger partial charge < -0.3 is 10.2 Å². The van der Waals surface area contributed by atoms with Crippen LogP contribution in [0.25, 0.3) is 10.2 Å². The molecule has 122 valence electrons. The van der Waals surface area contributed by atoms with Gasteiger partial charge >= 0.3 is 0 Å². The van der Waals surface area contributed by atoms with E-state index in [1.807, 2.05) is 16.3 Å². The van der Waals surface area contributed by atoms with E-state index in [-0.39, 0.29) is 5.91 Å². The van der Waals surface area contributed by atoms with E-state index in [0.717, 1.165) is 41.7 Å². The van der Waals surface area contributed by atoms with Crippen molar-refractivity contribution in [2.45, 2.75) is 19.4 Å². The summed E-state index contributed by atoms with van der Waals surface area (Å²) < 4.78 is 0.848. The van der Waals surface area contributed by atoms with Crippen molar-refractivity contribution < 1.29 is 4.79 Å². The fraction of sp³-hybridized carbons (Fsp3) is 0.312. The summed E-state index contributed by atoms with van der Waals surface area (Å²) in [5.74, 6) is 0.445. The largest absolute Gasteiger partial charge is 0.350 e. The zero-order valence-electron chi connectivity index (χ0n) is 13.0. The number of thiophene rings is 1. The van der Waals surface area contributed by atoms with Crippen LogP contribution in [0, 0.1) is 0 Å². The summed E-state index contributed by atoms with van der Waals surface area (Å²) in [4.78, 5) is 31.6. The van der Waals surface area contributed by atoms with E-state index in [2.05, 4.69) is 25.3 Å². The third kappa shape index (κ3) is 2.92. The van der Waals surface area contributed by atoms with Gasteiger partial charge in [0.2, 0.25) is 5.95 Å². The average molecular weight is 340 g/mol. The van der Waals surface area contributed by atoms with Gasteiger partial charge in [-0.15, -0.1) is 11.3 Å². The molecule has 0 bridgehead atoms. The first kappa shape index (κ1) is 14.9. The number of hydrogen-bond donors (Lipinski definition) is 1. The zero-order chi connectivity index (χ0) is 16.4. The molecule has 0 spiro atoms. The van der Waals surface area contributed by atoms with E-state index < -0.39 is 0 Å². The molecular formula is C16H16N6OS. The summed E-state index contributed by atoms with van der Waals surface area (Å²) >= 11 is 1.50. The first-order chi connectivity index (χ1) is 11.8. The molecule has 0 saturated carbocycles. The van der Waals surface area contributed by atoms with E-state index in [9.17, 15) is 4.79 Å². The predicted molar refractivity (Wildman–Crippen MR) is 91.9 cm³/mol. The Kier molecular flexibility index (Phi) is 4.04. The molecule has 0 aliphatic carbocycles. The second kappa shape index (κ2) is 6.48. The molecule has 4 heterocycles. The van der Waals surface area contributed by atoms with Crippen molar-refractivity contribution in [3.8, 4) is 0 Å². The maximum Gasteiger partial charge on any atom is 0.274 e. The molecule has 3 aromatic heterocycles. The van der Waals surface area contributed by atoms with Crippen LogP contribution in [0.4, 0.5) is 5.95 Å². The molecule has 1 aliphatic heterocycles. The highest BCUT2D eigenvalue weighted by molar-refractivity contribution is 7.17. The number of rotatable bonds is 4. The molecule has 1 aliphatic rings. The van der Waals surface area contributed by atoms with Gasteiger partial charge in [-0.25, -0.2) is 19.9 Å². The fourth-order valence-corrected chi connectivity index (χ4v) is 3.57. The molecule has 4 rings (SSSR count). The number of nitrogens with zero attached hydrogens (tertiary/aromatic N) is 5. The average Bonchev–Trinajstić information content (AvgIpc) is 3.31. The van der Waals surface area contributed by atoms with Gasteiger partial charge in [0.25, 0.3) is 5.91 Å². The summed E-state index contributed by atoms with van der Waals surface area (Å²) in [6.07, 6.45) is 7.08. The lowest BCUT2D eigenvalue weighted by atomic mass is 10.3. The van der Waals surface area contributed by atoms with Gasteiger partial charge in [0.15, 0.2) is 5.69 Å². The van der Waals surface area contributed by atoms with E-state index in [1.165, 1.54) is 17.7 Å². The number of hydrogen-bond acceptors (Lipinski definition) is 7. The lowest BCUT2D eigenvalue weighted by Crippen LogP contribution is -2.28. The first-order valence-corrected chi connectivity index (χ1v) is 8.71. The number of carbonyl (C=O) groups is 1. The monoisotopic (exact) mass is 340 g/mol. The quantitative estimate of drug-likeness (QED) is 0.785. The van der Waals surface area contributed by atoms with E-state index >= 15 is 0 Å². The number of likely N-dealkylation sites (tertiary alicyclic amines) is 1. The van der Waals surface area contributed by atoms with Gasteiger partial charge in [-0.05, 0) is 24.3 Å². The van der Waals surface area contributed by atoms with Gasteiger partial charge in [-0.3, -0.25) is 4.79 Å². The van der Waals surface area contributed by atoms with Crippen molar-refractivity contribution in [3.05, 3.63) is 41.4 Å². The molecule has 3 aromatic rings. The SMILES string of the molecule is O=C(c1nc(NCc2cncnc2)nc2ccsc12)N1CCCC1. The standard InChI is InChI=1S/C16H16N6OS/c23-15(22-4-1-2-5-22)13-14-12(3-6-24-14)20-16(21-13)19-9-11-7-17-10-18-8-11/h3,6-8,10H,1-2,4-5,9H2,(H,19,20,21). The Hall–Kier alpha value is -2.61. The number of amides is 1. The molecule has 24 heavy (non-hydrogen) atoms. The third-order valence-electron chi connectivity index (χ3n) is 3.96. The van der Waals surface area contributed by atoms with Gasteiger partial charge in [0.05, 0.1) is 10.2 Å². The summed E-state index contributed by atoms with van der Waals surface area (Å²) in [6, 6.07) is 1.92. The van der Waals surface area contributed by atoms with Crippen molar-refractivity contribution >= 4 is 33.4 Å². The van der Waals surface area contributed by atoms with Gasteiger partial charge in [-0.1, -0.05) is 0 Å². The predicted octanol–water partition coefficient (Wildman–Crippen LogP) is 2.33. The van der Waals surface area contributed by atoms with E-state index in [0.29, 0.717) is 18.2 Å². The highest BCUT2D eigenvalue weighted by Crippen LogP contribution is 2.25. The number of carbonyl (C=O) groups excluding carboxylic acids is 1. The van der Waals surface area contributed by atoms with Crippen molar-refractivity contribution in [3.63, 3.8) is 0 Å².